The number of alkyl halides is 2. The summed E-state index contributed by atoms with van der Waals surface area (Å²) in [6.07, 6.45) is -2.72. The predicted octanol–water partition coefficient (Wildman–Crippen LogP) is 2.11. The van der Waals surface area contributed by atoms with Gasteiger partial charge in [0.15, 0.2) is 0 Å². The van der Waals surface area contributed by atoms with Crippen molar-refractivity contribution in [1.29, 1.82) is 5.26 Å². The van der Waals surface area contributed by atoms with Crippen LogP contribution in [0.25, 0.3) is 0 Å². The Hall–Kier alpha value is -3.63. The van der Waals surface area contributed by atoms with Gasteiger partial charge in [0.1, 0.15) is 23.7 Å². The van der Waals surface area contributed by atoms with Crippen LogP contribution in [0.3, 0.4) is 0 Å². The summed E-state index contributed by atoms with van der Waals surface area (Å²) in [6.45, 7) is 1.71. The van der Waals surface area contributed by atoms with Crippen molar-refractivity contribution in [3.05, 3.63) is 46.5 Å². The second-order valence-electron chi connectivity index (χ2n) is 8.45. The van der Waals surface area contributed by atoms with E-state index >= 15 is 0 Å². The molecule has 4 rings (SSSR count). The minimum Gasteiger partial charge on any atom is -0.317 e. The number of aromatic nitrogens is 2. The molecule has 2 aromatic rings. The first-order chi connectivity index (χ1) is 16.7. The highest BCUT2D eigenvalue weighted by Crippen LogP contribution is 2.29. The van der Waals surface area contributed by atoms with Gasteiger partial charge in [-0.3, -0.25) is 14.3 Å². The highest BCUT2D eigenvalue weighted by molar-refractivity contribution is 5.94. The zero-order chi connectivity index (χ0) is 25.3. The van der Waals surface area contributed by atoms with Crippen LogP contribution in [0, 0.1) is 17.1 Å². The summed E-state index contributed by atoms with van der Waals surface area (Å²) in [5, 5.41) is 19.9. The van der Waals surface area contributed by atoms with Crippen LogP contribution in [0.1, 0.15) is 34.2 Å². The number of anilines is 1. The quantitative estimate of drug-likeness (QED) is 0.662. The summed E-state index contributed by atoms with van der Waals surface area (Å²) in [5.74, 6) is -1.14. The molecule has 3 amide bonds. The number of carbonyl (C=O) groups excluding carboxylic acids is 2. The monoisotopic (exact) mass is 491 g/mol. The summed E-state index contributed by atoms with van der Waals surface area (Å²) in [7, 11) is 1.44. The molecule has 1 aromatic heterocycles. The lowest BCUT2D eigenvalue weighted by Crippen LogP contribution is -2.45. The van der Waals surface area contributed by atoms with Gasteiger partial charge in [0, 0.05) is 37.3 Å². The molecule has 0 aliphatic carbocycles. The Morgan fingerprint density at radius 1 is 1.40 bits per heavy atom. The van der Waals surface area contributed by atoms with Gasteiger partial charge < -0.3 is 15.5 Å². The van der Waals surface area contributed by atoms with E-state index in [0.29, 0.717) is 17.7 Å². The van der Waals surface area contributed by atoms with E-state index in [2.05, 4.69) is 15.7 Å². The number of rotatable bonds is 5. The molecule has 2 N–H and O–H groups in total. The van der Waals surface area contributed by atoms with Crippen LogP contribution in [-0.2, 0) is 24.3 Å². The van der Waals surface area contributed by atoms with E-state index in [9.17, 15) is 22.8 Å². The molecular weight excluding hydrogens is 467 g/mol. The Labute approximate surface area is 199 Å². The number of carbonyl (C=O) groups is 2. The number of nitriles is 1. The van der Waals surface area contributed by atoms with Gasteiger partial charge in [-0.1, -0.05) is 0 Å². The van der Waals surface area contributed by atoms with Crippen molar-refractivity contribution in [2.75, 3.05) is 25.5 Å². The number of fused-ring (bicyclic) bond motifs is 3. The Balaban J connectivity index is 1.55. The summed E-state index contributed by atoms with van der Waals surface area (Å²) < 4.78 is 40.1. The molecule has 0 bridgehead atoms. The molecule has 0 fully saturated rings. The maximum atomic E-state index is 13.6. The Morgan fingerprint density at radius 2 is 2.17 bits per heavy atom. The maximum Gasteiger partial charge on any atom is 0.322 e. The van der Waals surface area contributed by atoms with Gasteiger partial charge in [-0.15, -0.1) is 0 Å². The SMILES string of the molecule is C[C@@H]1Cc2nn3c(c2CN1C(=O)Nc1ccc(F)c(C#N)c1)C(=O)N(C)O[C@@H](CNCC(F)F)C3. The largest absolute Gasteiger partial charge is 0.322 e. The molecule has 186 valence electrons. The van der Waals surface area contributed by atoms with Crippen LogP contribution in [0.15, 0.2) is 18.2 Å². The molecule has 13 heteroatoms. The first-order valence-electron chi connectivity index (χ1n) is 11.0. The van der Waals surface area contributed by atoms with Crippen LogP contribution in [0.4, 0.5) is 23.7 Å². The molecule has 0 unspecified atom stereocenters. The molecule has 0 spiro atoms. The highest BCUT2D eigenvalue weighted by atomic mass is 19.3. The van der Waals surface area contributed by atoms with Gasteiger partial charge in [-0.2, -0.15) is 10.4 Å². The number of halogens is 3. The van der Waals surface area contributed by atoms with Crippen LogP contribution >= 0.6 is 0 Å². The molecule has 0 saturated carbocycles. The smallest absolute Gasteiger partial charge is 0.317 e. The van der Waals surface area contributed by atoms with Crippen molar-refractivity contribution in [2.45, 2.75) is 45.0 Å². The summed E-state index contributed by atoms with van der Waals surface area (Å²) in [6, 6.07) is 4.71. The van der Waals surface area contributed by atoms with Crippen molar-refractivity contribution in [3.8, 4) is 6.07 Å². The standard InChI is InChI=1S/C22H24F3N7O3/c1-12-5-18-16(11-31(12)22(34)28-14-3-4-17(23)13(6-14)7-26)20-21(33)30(2)35-15(10-32(20)29-18)8-27-9-19(24)25/h3-4,6,12,15,19,27H,5,8-11H2,1-2H3,(H,28,34)/t12-,15+/m1/s1. The second kappa shape index (κ2) is 9.93. The summed E-state index contributed by atoms with van der Waals surface area (Å²) in [4.78, 5) is 33.2. The molecule has 2 atom stereocenters. The van der Waals surface area contributed by atoms with Gasteiger partial charge in [0.25, 0.3) is 12.3 Å². The van der Waals surface area contributed by atoms with E-state index in [4.69, 9.17) is 10.1 Å². The molecular formula is C22H24F3N7O3. The molecule has 1 aromatic carbocycles. The molecule has 35 heavy (non-hydrogen) atoms. The van der Waals surface area contributed by atoms with Gasteiger partial charge in [-0.25, -0.2) is 23.0 Å². The van der Waals surface area contributed by atoms with Crippen LogP contribution in [0.2, 0.25) is 0 Å². The lowest BCUT2D eigenvalue weighted by atomic mass is 9.99. The van der Waals surface area contributed by atoms with Crippen LogP contribution in [-0.4, -0.2) is 70.4 Å². The minimum atomic E-state index is -2.51. The lowest BCUT2D eigenvalue weighted by Gasteiger charge is -2.33. The molecule has 0 saturated heterocycles. The normalized spacial score (nSPS) is 19.7. The van der Waals surface area contributed by atoms with Gasteiger partial charge in [0.05, 0.1) is 30.9 Å². The van der Waals surface area contributed by atoms with E-state index in [1.54, 1.807) is 6.07 Å². The van der Waals surface area contributed by atoms with Crippen molar-refractivity contribution < 1.29 is 27.6 Å². The van der Waals surface area contributed by atoms with E-state index in [1.165, 1.54) is 28.8 Å². The summed E-state index contributed by atoms with van der Waals surface area (Å²) >= 11 is 0. The number of hydrogen-bond acceptors (Lipinski definition) is 6. The topological polar surface area (TPSA) is 116 Å². The number of urea groups is 1. The van der Waals surface area contributed by atoms with Gasteiger partial charge in [-0.05, 0) is 25.1 Å². The number of hydroxylamine groups is 2. The minimum absolute atomic E-state index is 0.0951. The number of hydrogen-bond donors (Lipinski definition) is 2. The Kier molecular flexibility index (Phi) is 6.95. The Morgan fingerprint density at radius 3 is 2.89 bits per heavy atom. The number of benzene rings is 1. The highest BCUT2D eigenvalue weighted by Gasteiger charge is 2.37. The third-order valence-electron chi connectivity index (χ3n) is 5.92. The Bertz CT molecular complexity index is 1180. The number of nitrogens with zero attached hydrogens (tertiary/aromatic N) is 5. The fourth-order valence-electron chi connectivity index (χ4n) is 4.22. The maximum absolute atomic E-state index is 13.6. The molecule has 10 nitrogen and oxygen atoms in total. The van der Waals surface area contributed by atoms with Crippen molar-refractivity contribution in [2.24, 2.45) is 0 Å². The molecule has 2 aliphatic heterocycles. The van der Waals surface area contributed by atoms with E-state index in [1.807, 2.05) is 6.92 Å². The van der Waals surface area contributed by atoms with E-state index < -0.39 is 36.8 Å². The van der Waals surface area contributed by atoms with Crippen molar-refractivity contribution in [1.82, 2.24) is 25.1 Å². The first kappa shape index (κ1) is 24.5. The molecule has 2 aliphatic rings. The third-order valence-corrected chi connectivity index (χ3v) is 5.92. The number of amides is 3. The van der Waals surface area contributed by atoms with E-state index in [-0.39, 0.29) is 42.6 Å². The zero-order valence-corrected chi connectivity index (χ0v) is 19.1. The second-order valence-corrected chi connectivity index (χ2v) is 8.45. The van der Waals surface area contributed by atoms with Gasteiger partial charge in [0.2, 0.25) is 0 Å². The van der Waals surface area contributed by atoms with Crippen LogP contribution in [0.5, 0.6) is 0 Å². The van der Waals surface area contributed by atoms with Crippen molar-refractivity contribution >= 4 is 17.6 Å². The zero-order valence-electron chi connectivity index (χ0n) is 19.1. The molecule has 0 radical (unpaired) electrons. The third kappa shape index (κ3) is 5.08. The first-order valence-corrected chi connectivity index (χ1v) is 11.0. The fourth-order valence-corrected chi connectivity index (χ4v) is 4.22. The predicted molar refractivity (Wildman–Crippen MR) is 117 cm³/mol. The van der Waals surface area contributed by atoms with E-state index in [0.717, 1.165) is 11.1 Å². The van der Waals surface area contributed by atoms with Crippen LogP contribution < -0.4 is 10.6 Å². The average molecular weight is 491 g/mol. The number of nitrogens with one attached hydrogen (secondary N) is 2. The summed E-state index contributed by atoms with van der Waals surface area (Å²) in [5.41, 5.74) is 1.61. The molecule has 3 heterocycles. The average Bonchev–Trinajstić information content (AvgIpc) is 3.09. The van der Waals surface area contributed by atoms with Gasteiger partial charge >= 0.3 is 6.03 Å². The lowest BCUT2D eigenvalue weighted by molar-refractivity contribution is -0.146. The fraction of sp³-hybridized carbons (Fsp3) is 0.455. The van der Waals surface area contributed by atoms with Crippen molar-refractivity contribution in [3.63, 3.8) is 0 Å².